The van der Waals surface area contributed by atoms with Crippen molar-refractivity contribution in [3.05, 3.63) is 41.5 Å². The van der Waals surface area contributed by atoms with Crippen LogP contribution in [0.15, 0.2) is 18.2 Å². The van der Waals surface area contributed by atoms with E-state index < -0.39 is 11.6 Å². The summed E-state index contributed by atoms with van der Waals surface area (Å²) in [6, 6.07) is 3.77. The largest absolute Gasteiger partial charge is 0.370 e. The second-order valence-electron chi connectivity index (χ2n) is 4.51. The van der Waals surface area contributed by atoms with Gasteiger partial charge in [0.25, 0.3) is 0 Å². The highest BCUT2D eigenvalue weighted by molar-refractivity contribution is 5.37. The lowest BCUT2D eigenvalue weighted by Gasteiger charge is -2.14. The van der Waals surface area contributed by atoms with Gasteiger partial charge in [-0.05, 0) is 31.9 Å². The van der Waals surface area contributed by atoms with Gasteiger partial charge in [-0.2, -0.15) is 0 Å². The summed E-state index contributed by atoms with van der Waals surface area (Å²) in [7, 11) is 0. The SMILES string of the molecule is Cc1nnc([C@H]2CCCO2)n1-c1c(F)cccc1F. The number of hydrogen-bond donors (Lipinski definition) is 0. The zero-order valence-electron chi connectivity index (χ0n) is 10.4. The molecule has 19 heavy (non-hydrogen) atoms. The average Bonchev–Trinajstić information content (AvgIpc) is 2.99. The first kappa shape index (κ1) is 12.2. The highest BCUT2D eigenvalue weighted by Gasteiger charge is 2.27. The maximum Gasteiger partial charge on any atom is 0.167 e. The first-order valence-corrected chi connectivity index (χ1v) is 6.16. The van der Waals surface area contributed by atoms with Crippen molar-refractivity contribution in [2.24, 2.45) is 0 Å². The molecule has 0 amide bonds. The van der Waals surface area contributed by atoms with Gasteiger partial charge >= 0.3 is 0 Å². The first-order chi connectivity index (χ1) is 9.18. The van der Waals surface area contributed by atoms with Gasteiger partial charge in [-0.25, -0.2) is 8.78 Å². The molecule has 1 fully saturated rings. The molecular weight excluding hydrogens is 252 g/mol. The first-order valence-electron chi connectivity index (χ1n) is 6.16. The topological polar surface area (TPSA) is 39.9 Å². The van der Waals surface area contributed by atoms with Crippen molar-refractivity contribution in [3.63, 3.8) is 0 Å². The van der Waals surface area contributed by atoms with Gasteiger partial charge in [-0.3, -0.25) is 4.57 Å². The van der Waals surface area contributed by atoms with Crippen LogP contribution in [-0.4, -0.2) is 21.4 Å². The quantitative estimate of drug-likeness (QED) is 0.838. The molecule has 1 aromatic heterocycles. The van der Waals surface area contributed by atoms with Gasteiger partial charge in [-0.1, -0.05) is 6.07 Å². The van der Waals surface area contributed by atoms with E-state index in [1.165, 1.54) is 22.8 Å². The van der Waals surface area contributed by atoms with Crippen molar-refractivity contribution >= 4 is 0 Å². The molecule has 100 valence electrons. The van der Waals surface area contributed by atoms with E-state index in [0.29, 0.717) is 18.3 Å². The van der Waals surface area contributed by atoms with Gasteiger partial charge in [0.1, 0.15) is 29.3 Å². The third-order valence-corrected chi connectivity index (χ3v) is 3.23. The molecule has 0 N–H and O–H groups in total. The van der Waals surface area contributed by atoms with Crippen LogP contribution in [0, 0.1) is 18.6 Å². The van der Waals surface area contributed by atoms with E-state index in [2.05, 4.69) is 10.2 Å². The molecule has 0 bridgehead atoms. The number of aromatic nitrogens is 3. The Morgan fingerprint density at radius 3 is 2.63 bits per heavy atom. The average molecular weight is 265 g/mol. The number of para-hydroxylation sites is 1. The number of aryl methyl sites for hydroxylation is 1. The summed E-state index contributed by atoms with van der Waals surface area (Å²) < 4.78 is 34.7. The summed E-state index contributed by atoms with van der Waals surface area (Å²) in [5, 5.41) is 7.93. The minimum absolute atomic E-state index is 0.143. The summed E-state index contributed by atoms with van der Waals surface area (Å²) in [5.74, 6) is -0.377. The Hall–Kier alpha value is -1.82. The molecule has 1 aliphatic heterocycles. The molecule has 0 radical (unpaired) electrons. The highest BCUT2D eigenvalue weighted by Crippen LogP contribution is 2.30. The molecule has 1 aromatic carbocycles. The van der Waals surface area contributed by atoms with Crippen molar-refractivity contribution in [3.8, 4) is 5.69 Å². The van der Waals surface area contributed by atoms with E-state index in [1.54, 1.807) is 6.92 Å². The molecule has 2 aromatic rings. The highest BCUT2D eigenvalue weighted by atomic mass is 19.1. The molecule has 1 saturated heterocycles. The van der Waals surface area contributed by atoms with Crippen molar-refractivity contribution in [1.82, 2.24) is 14.8 Å². The minimum atomic E-state index is -0.637. The lowest BCUT2D eigenvalue weighted by molar-refractivity contribution is 0.103. The third kappa shape index (κ3) is 2.02. The minimum Gasteiger partial charge on any atom is -0.370 e. The van der Waals surface area contributed by atoms with Crippen molar-refractivity contribution < 1.29 is 13.5 Å². The van der Waals surface area contributed by atoms with E-state index in [-0.39, 0.29) is 11.8 Å². The molecule has 3 rings (SSSR count). The van der Waals surface area contributed by atoms with Crippen LogP contribution < -0.4 is 0 Å². The standard InChI is InChI=1S/C13H13F2N3O/c1-8-16-17-13(11-6-3-7-19-11)18(8)12-9(14)4-2-5-10(12)15/h2,4-5,11H,3,6-7H2,1H3/t11-/m1/s1. The second-order valence-corrected chi connectivity index (χ2v) is 4.51. The lowest BCUT2D eigenvalue weighted by Crippen LogP contribution is -2.11. The number of halogens is 2. The van der Waals surface area contributed by atoms with E-state index >= 15 is 0 Å². The smallest absolute Gasteiger partial charge is 0.167 e. The molecule has 0 saturated carbocycles. The summed E-state index contributed by atoms with van der Waals surface area (Å²) in [6.45, 7) is 2.30. The predicted octanol–water partition coefficient (Wildman–Crippen LogP) is 2.71. The second kappa shape index (κ2) is 4.70. The van der Waals surface area contributed by atoms with Crippen LogP contribution in [0.2, 0.25) is 0 Å². The van der Waals surface area contributed by atoms with Crippen LogP contribution in [-0.2, 0) is 4.74 Å². The van der Waals surface area contributed by atoms with Crippen molar-refractivity contribution in [1.29, 1.82) is 0 Å². The molecular formula is C13H13F2N3O. The fraction of sp³-hybridized carbons (Fsp3) is 0.385. The van der Waals surface area contributed by atoms with Crippen molar-refractivity contribution in [2.75, 3.05) is 6.61 Å². The zero-order chi connectivity index (χ0) is 13.4. The van der Waals surface area contributed by atoms with Gasteiger partial charge in [0.2, 0.25) is 0 Å². The summed E-state index contributed by atoms with van der Waals surface area (Å²) in [6.07, 6.45) is 1.45. The Labute approximate surface area is 109 Å². The predicted molar refractivity (Wildman–Crippen MR) is 63.9 cm³/mol. The molecule has 0 aliphatic carbocycles. The molecule has 6 heteroatoms. The van der Waals surface area contributed by atoms with Gasteiger partial charge in [0.05, 0.1) is 0 Å². The lowest BCUT2D eigenvalue weighted by atomic mass is 10.2. The number of nitrogens with zero attached hydrogens (tertiary/aromatic N) is 3. The summed E-state index contributed by atoms with van der Waals surface area (Å²) >= 11 is 0. The van der Waals surface area contributed by atoms with Crippen LogP contribution in [0.4, 0.5) is 8.78 Å². The van der Waals surface area contributed by atoms with Gasteiger partial charge in [-0.15, -0.1) is 10.2 Å². The number of hydrogen-bond acceptors (Lipinski definition) is 3. The molecule has 4 nitrogen and oxygen atoms in total. The van der Waals surface area contributed by atoms with Crippen LogP contribution in [0.5, 0.6) is 0 Å². The fourth-order valence-electron chi connectivity index (χ4n) is 2.35. The van der Waals surface area contributed by atoms with Crippen LogP contribution in [0.3, 0.4) is 0 Å². The maximum absolute atomic E-state index is 13.9. The van der Waals surface area contributed by atoms with Gasteiger partial charge < -0.3 is 4.74 Å². The monoisotopic (exact) mass is 265 g/mol. The summed E-state index contributed by atoms with van der Waals surface area (Å²) in [4.78, 5) is 0. The van der Waals surface area contributed by atoms with Crippen LogP contribution in [0.25, 0.3) is 5.69 Å². The fourth-order valence-corrected chi connectivity index (χ4v) is 2.35. The van der Waals surface area contributed by atoms with Gasteiger partial charge in [0.15, 0.2) is 5.82 Å². The molecule has 1 aliphatic rings. The van der Waals surface area contributed by atoms with E-state index in [9.17, 15) is 8.78 Å². The zero-order valence-corrected chi connectivity index (χ0v) is 10.4. The number of rotatable bonds is 2. The molecule has 0 spiro atoms. The van der Waals surface area contributed by atoms with E-state index in [4.69, 9.17) is 4.74 Å². The molecule has 0 unspecified atom stereocenters. The van der Waals surface area contributed by atoms with E-state index in [0.717, 1.165) is 12.8 Å². The summed E-state index contributed by atoms with van der Waals surface area (Å²) in [5.41, 5.74) is -0.143. The Morgan fingerprint density at radius 1 is 1.26 bits per heavy atom. The van der Waals surface area contributed by atoms with Crippen molar-refractivity contribution in [2.45, 2.75) is 25.9 Å². The normalized spacial score (nSPS) is 19.0. The number of ether oxygens (including phenoxy) is 1. The Morgan fingerprint density at radius 2 is 2.00 bits per heavy atom. The Bertz CT molecular complexity index is 586. The van der Waals surface area contributed by atoms with Crippen LogP contribution >= 0.6 is 0 Å². The van der Waals surface area contributed by atoms with Gasteiger partial charge in [0, 0.05) is 6.61 Å². The molecule has 2 heterocycles. The third-order valence-electron chi connectivity index (χ3n) is 3.23. The Balaban J connectivity index is 2.16. The van der Waals surface area contributed by atoms with Crippen LogP contribution in [0.1, 0.15) is 30.6 Å². The molecule has 1 atom stereocenters. The maximum atomic E-state index is 13.9. The Kier molecular flexibility index (Phi) is 3.02. The number of benzene rings is 1. The van der Waals surface area contributed by atoms with E-state index in [1.807, 2.05) is 0 Å².